The third kappa shape index (κ3) is 4.06. The van der Waals surface area contributed by atoms with E-state index in [1.807, 2.05) is 36.4 Å². The number of hydrogen-bond donors (Lipinski definition) is 2. The van der Waals surface area contributed by atoms with E-state index in [0.717, 1.165) is 5.56 Å². The zero-order valence-corrected chi connectivity index (χ0v) is 16.7. The number of anilines is 1. The number of aromatic carboxylic acids is 1. The molecule has 2 N–H and O–H groups in total. The molecule has 0 saturated carbocycles. The summed E-state index contributed by atoms with van der Waals surface area (Å²) < 4.78 is 34.3. The van der Waals surface area contributed by atoms with Crippen LogP contribution in [0.25, 0.3) is 17.2 Å². The van der Waals surface area contributed by atoms with Gasteiger partial charge in [0.25, 0.3) is 10.0 Å². The highest BCUT2D eigenvalue weighted by atomic mass is 32.2. The molecular weight excluding hydrogens is 402 g/mol. The first kappa shape index (κ1) is 19.7. The van der Waals surface area contributed by atoms with Crippen LogP contribution >= 0.6 is 0 Å². The molecule has 0 aliphatic carbocycles. The summed E-state index contributed by atoms with van der Waals surface area (Å²) in [4.78, 5) is 11.8. The molecule has 0 atom stereocenters. The van der Waals surface area contributed by atoms with E-state index in [1.54, 1.807) is 30.3 Å². The van der Waals surface area contributed by atoms with E-state index >= 15 is 0 Å². The Labute approximate surface area is 174 Å². The molecule has 1 heterocycles. The van der Waals surface area contributed by atoms with E-state index in [0.29, 0.717) is 16.9 Å². The van der Waals surface area contributed by atoms with Crippen LogP contribution in [0.2, 0.25) is 0 Å². The molecule has 3 aromatic rings. The van der Waals surface area contributed by atoms with E-state index in [1.165, 1.54) is 12.1 Å². The Bertz CT molecular complexity index is 1230. The van der Waals surface area contributed by atoms with Gasteiger partial charge < -0.3 is 9.84 Å². The zero-order valence-electron chi connectivity index (χ0n) is 15.9. The van der Waals surface area contributed by atoms with Gasteiger partial charge in [-0.25, -0.2) is 13.2 Å². The Morgan fingerprint density at radius 1 is 0.933 bits per heavy atom. The number of carbonyl (C=O) groups is 1. The topological polar surface area (TPSA) is 92.7 Å². The second-order valence-corrected chi connectivity index (χ2v) is 8.52. The van der Waals surface area contributed by atoms with E-state index in [2.05, 4.69) is 4.72 Å². The van der Waals surface area contributed by atoms with Gasteiger partial charge in [-0.05, 0) is 35.4 Å². The molecule has 0 unspecified atom stereocenters. The first-order valence-electron chi connectivity index (χ1n) is 9.32. The van der Waals surface area contributed by atoms with Gasteiger partial charge in [-0.3, -0.25) is 4.72 Å². The molecule has 1 aliphatic heterocycles. The number of carboxylic acid groups (broad SMARTS) is 1. The average Bonchev–Trinajstić information content (AvgIpc) is 2.97. The molecule has 1 aliphatic rings. The second kappa shape index (κ2) is 8.04. The molecular formula is C23H19NO5S. The lowest BCUT2D eigenvalue weighted by molar-refractivity contribution is 0.0698. The van der Waals surface area contributed by atoms with Gasteiger partial charge in [0.1, 0.15) is 5.75 Å². The van der Waals surface area contributed by atoms with Crippen LogP contribution in [0.15, 0.2) is 77.7 Å². The predicted octanol–water partition coefficient (Wildman–Crippen LogP) is 4.62. The number of carboxylic acids is 1. The fourth-order valence-electron chi connectivity index (χ4n) is 3.29. The van der Waals surface area contributed by atoms with Crippen molar-refractivity contribution < 1.29 is 23.1 Å². The molecule has 0 spiro atoms. The lowest BCUT2D eigenvalue weighted by Gasteiger charge is -2.14. The lowest BCUT2D eigenvalue weighted by atomic mass is 10.0. The monoisotopic (exact) mass is 421 g/mol. The lowest BCUT2D eigenvalue weighted by Crippen LogP contribution is -2.18. The molecule has 0 radical (unpaired) electrons. The van der Waals surface area contributed by atoms with E-state index in [9.17, 15) is 18.3 Å². The maximum atomic E-state index is 13.1. The first-order chi connectivity index (χ1) is 14.4. The van der Waals surface area contributed by atoms with Crippen LogP contribution in [0.5, 0.6) is 5.75 Å². The minimum atomic E-state index is -3.99. The van der Waals surface area contributed by atoms with Crippen LogP contribution in [0, 0.1) is 0 Å². The van der Waals surface area contributed by atoms with Crippen molar-refractivity contribution in [2.24, 2.45) is 0 Å². The first-order valence-corrected chi connectivity index (χ1v) is 10.8. The van der Waals surface area contributed by atoms with Gasteiger partial charge in [-0.15, -0.1) is 0 Å². The third-order valence-electron chi connectivity index (χ3n) is 4.79. The van der Waals surface area contributed by atoms with Crippen LogP contribution in [0.3, 0.4) is 0 Å². The Kier molecular flexibility index (Phi) is 5.29. The zero-order chi connectivity index (χ0) is 21.1. The maximum Gasteiger partial charge on any atom is 0.337 e. The summed E-state index contributed by atoms with van der Waals surface area (Å²) >= 11 is 0. The Morgan fingerprint density at radius 2 is 1.67 bits per heavy atom. The second-order valence-electron chi connectivity index (χ2n) is 6.78. The summed E-state index contributed by atoms with van der Waals surface area (Å²) in [5.74, 6) is -0.601. The summed E-state index contributed by atoms with van der Waals surface area (Å²) in [7, 11) is -3.99. The van der Waals surface area contributed by atoms with Crippen molar-refractivity contribution in [3.05, 3.63) is 88.8 Å². The average molecular weight is 421 g/mol. The number of rotatable bonds is 5. The number of para-hydroxylation sites is 1. The maximum absolute atomic E-state index is 13.1. The minimum Gasteiger partial charge on any atom is -0.493 e. The number of sulfonamides is 1. The van der Waals surface area contributed by atoms with Crippen molar-refractivity contribution in [2.45, 2.75) is 6.42 Å². The highest BCUT2D eigenvalue weighted by Gasteiger charge is 2.23. The SMILES string of the molecule is O=C(O)c1ccc(-c2ccccc2)cc1NS(=O)(=O)C1=Cc2ccccc2OCC1. The van der Waals surface area contributed by atoms with Crippen molar-refractivity contribution in [1.82, 2.24) is 0 Å². The van der Waals surface area contributed by atoms with E-state index in [4.69, 9.17) is 4.74 Å². The molecule has 0 aromatic heterocycles. The standard InChI is InChI=1S/C23H19NO5S/c25-23(26)20-11-10-17(16-6-2-1-3-7-16)15-21(20)24-30(27,28)19-12-13-29-22-9-5-4-8-18(22)14-19/h1-11,14-15,24H,12-13H2,(H,25,26). The number of benzene rings is 3. The largest absolute Gasteiger partial charge is 0.493 e. The van der Waals surface area contributed by atoms with Crippen molar-refractivity contribution >= 4 is 27.8 Å². The Hall–Kier alpha value is -3.58. The highest BCUT2D eigenvalue weighted by molar-refractivity contribution is 7.96. The third-order valence-corrected chi connectivity index (χ3v) is 6.29. The van der Waals surface area contributed by atoms with Gasteiger partial charge in [0.2, 0.25) is 0 Å². The van der Waals surface area contributed by atoms with E-state index < -0.39 is 16.0 Å². The van der Waals surface area contributed by atoms with Gasteiger partial charge in [0.05, 0.1) is 22.8 Å². The minimum absolute atomic E-state index is 0.0169. The number of ether oxygens (including phenoxy) is 1. The van der Waals surface area contributed by atoms with Gasteiger partial charge in [-0.1, -0.05) is 54.6 Å². The summed E-state index contributed by atoms with van der Waals surface area (Å²) in [5.41, 5.74) is 2.12. The van der Waals surface area contributed by atoms with E-state index in [-0.39, 0.29) is 29.2 Å². The van der Waals surface area contributed by atoms with Crippen LogP contribution in [-0.4, -0.2) is 26.1 Å². The fraction of sp³-hybridized carbons (Fsp3) is 0.0870. The van der Waals surface area contributed by atoms with Crippen molar-refractivity contribution in [2.75, 3.05) is 11.3 Å². The molecule has 7 heteroatoms. The van der Waals surface area contributed by atoms with Gasteiger partial charge >= 0.3 is 5.97 Å². The quantitative estimate of drug-likeness (QED) is 0.627. The smallest absolute Gasteiger partial charge is 0.337 e. The van der Waals surface area contributed by atoms with Crippen LogP contribution in [0.1, 0.15) is 22.3 Å². The van der Waals surface area contributed by atoms with Crippen LogP contribution < -0.4 is 9.46 Å². The Morgan fingerprint density at radius 3 is 2.43 bits per heavy atom. The summed E-state index contributed by atoms with van der Waals surface area (Å²) in [6, 6.07) is 21.1. The summed E-state index contributed by atoms with van der Waals surface area (Å²) in [6.45, 7) is 0.208. The highest BCUT2D eigenvalue weighted by Crippen LogP contribution is 2.31. The molecule has 0 amide bonds. The molecule has 0 saturated heterocycles. The van der Waals surface area contributed by atoms with Crippen molar-refractivity contribution in [3.63, 3.8) is 0 Å². The molecule has 3 aromatic carbocycles. The van der Waals surface area contributed by atoms with Crippen LogP contribution in [0.4, 0.5) is 5.69 Å². The van der Waals surface area contributed by atoms with Crippen LogP contribution in [-0.2, 0) is 10.0 Å². The number of fused-ring (bicyclic) bond motifs is 1. The van der Waals surface area contributed by atoms with Gasteiger partial charge in [-0.2, -0.15) is 0 Å². The van der Waals surface area contributed by atoms with Gasteiger partial charge in [0, 0.05) is 12.0 Å². The van der Waals surface area contributed by atoms with Gasteiger partial charge in [0.15, 0.2) is 0 Å². The van der Waals surface area contributed by atoms with Crippen molar-refractivity contribution in [1.29, 1.82) is 0 Å². The molecule has 30 heavy (non-hydrogen) atoms. The number of hydrogen-bond acceptors (Lipinski definition) is 4. The Balaban J connectivity index is 1.74. The normalized spacial score (nSPS) is 13.4. The molecule has 0 bridgehead atoms. The summed E-state index contributed by atoms with van der Waals surface area (Å²) in [5, 5.41) is 9.54. The summed E-state index contributed by atoms with van der Waals surface area (Å²) in [6.07, 6.45) is 1.73. The molecule has 4 rings (SSSR count). The van der Waals surface area contributed by atoms with Crippen molar-refractivity contribution in [3.8, 4) is 16.9 Å². The molecule has 6 nitrogen and oxygen atoms in total. The fourth-order valence-corrected chi connectivity index (χ4v) is 4.51. The number of nitrogens with one attached hydrogen (secondary N) is 1. The predicted molar refractivity (Wildman–Crippen MR) is 116 cm³/mol. The molecule has 152 valence electrons. The molecule has 0 fully saturated rings.